The van der Waals surface area contributed by atoms with Crippen molar-refractivity contribution in [1.29, 1.82) is 10.5 Å². The summed E-state index contributed by atoms with van der Waals surface area (Å²) in [5.41, 5.74) is 29.6. The average Bonchev–Trinajstić information content (AvgIpc) is 3.72. The number of oxazole rings is 1. The van der Waals surface area contributed by atoms with Crippen LogP contribution in [0.15, 0.2) is 64.2 Å². The van der Waals surface area contributed by atoms with E-state index in [-0.39, 0.29) is 39.0 Å². The predicted molar refractivity (Wildman–Crippen MR) is 225 cm³/mol. The van der Waals surface area contributed by atoms with E-state index in [1.54, 1.807) is 36.4 Å². The first kappa shape index (κ1) is 48.4. The lowest BCUT2D eigenvalue weighted by Crippen LogP contribution is -2.50. The molecule has 2 aromatic carbocycles. The second-order valence-corrected chi connectivity index (χ2v) is 15.0. The van der Waals surface area contributed by atoms with E-state index in [1.807, 2.05) is 6.07 Å². The fraction of sp³-hybridized carbons (Fsp3) is 0.300. The lowest BCUT2D eigenvalue weighted by atomic mass is 9.97. The molecule has 5 atom stereocenters. The van der Waals surface area contributed by atoms with E-state index < -0.39 is 91.9 Å². The molecule has 12 N–H and O–H groups in total. The summed E-state index contributed by atoms with van der Waals surface area (Å²) in [4.78, 5) is 81.7. The second-order valence-electron chi connectivity index (χ2n) is 13.6. The van der Waals surface area contributed by atoms with Crippen LogP contribution in [0.5, 0.6) is 5.75 Å². The Morgan fingerprint density at radius 3 is 1.92 bits per heavy atom. The topological polar surface area (TPSA) is 371 Å². The van der Waals surface area contributed by atoms with Crippen LogP contribution >= 0.6 is 23.4 Å². The standard InChI is InChI=1S/C40H42ClN11O10S/c1-19(49-35(55)29(44)11-31(46)53)39(57)61-17-26(62-40(58)20(2)50-36(56)30(45)12-32(47)54)16-59-25-9-5-21(6-10-25)33-27(13-42)34(48)52-38(28(33)14-43)63-18-24-15-60-37(51-24)22-3-7-23(41)8-4-22/h3-10,15,19-20,26,29-30H,11-12,16-18,44-45H2,1-2H3,(H2,46,53)(H2,47,54)(H2,48,52)(H,49,55)(H,50,56)/t19-,20-,26-,29-,30-/m0/s1. The van der Waals surface area contributed by atoms with Crippen molar-refractivity contribution in [1.82, 2.24) is 20.6 Å². The van der Waals surface area contributed by atoms with Crippen molar-refractivity contribution >= 4 is 64.7 Å². The molecule has 0 fully saturated rings. The number of nitrogen functional groups attached to an aromatic ring is 1. The van der Waals surface area contributed by atoms with Crippen molar-refractivity contribution in [3.8, 4) is 40.5 Å². The van der Waals surface area contributed by atoms with Gasteiger partial charge in [0.1, 0.15) is 65.9 Å². The number of pyridine rings is 1. The maximum Gasteiger partial charge on any atom is 0.328 e. The second kappa shape index (κ2) is 22.6. The van der Waals surface area contributed by atoms with Gasteiger partial charge < -0.3 is 57.9 Å². The molecule has 0 bridgehead atoms. The van der Waals surface area contributed by atoms with E-state index in [1.165, 1.54) is 32.2 Å². The Kier molecular flexibility index (Phi) is 17.3. The Hall–Kier alpha value is -7.24. The number of anilines is 1. The molecule has 63 heavy (non-hydrogen) atoms. The summed E-state index contributed by atoms with van der Waals surface area (Å²) in [7, 11) is 0. The lowest BCUT2D eigenvalue weighted by Gasteiger charge is -2.23. The van der Waals surface area contributed by atoms with Crippen LogP contribution in [0.3, 0.4) is 0 Å². The molecule has 330 valence electrons. The van der Waals surface area contributed by atoms with Gasteiger partial charge in [0.2, 0.25) is 29.5 Å². The van der Waals surface area contributed by atoms with Gasteiger partial charge in [-0.15, -0.1) is 0 Å². The van der Waals surface area contributed by atoms with Gasteiger partial charge in [-0.05, 0) is 55.8 Å². The van der Waals surface area contributed by atoms with Crippen LogP contribution in [0.4, 0.5) is 5.82 Å². The third kappa shape index (κ3) is 13.9. The summed E-state index contributed by atoms with van der Waals surface area (Å²) >= 11 is 7.15. The number of halogens is 1. The summed E-state index contributed by atoms with van der Waals surface area (Å²) in [5.74, 6) is -4.67. The van der Waals surface area contributed by atoms with Gasteiger partial charge in [-0.3, -0.25) is 19.2 Å². The van der Waals surface area contributed by atoms with Crippen LogP contribution in [0.2, 0.25) is 5.02 Å². The molecule has 0 aliphatic carbocycles. The first-order valence-corrected chi connectivity index (χ1v) is 20.0. The minimum atomic E-state index is -1.34. The number of thioether (sulfide) groups is 1. The zero-order valence-corrected chi connectivity index (χ0v) is 35.2. The molecule has 4 amide bonds. The van der Waals surface area contributed by atoms with E-state index in [2.05, 4.69) is 26.7 Å². The van der Waals surface area contributed by atoms with Crippen LogP contribution in [0, 0.1) is 22.7 Å². The average molecular weight is 904 g/mol. The lowest BCUT2D eigenvalue weighted by molar-refractivity contribution is -0.163. The fourth-order valence-corrected chi connectivity index (χ4v) is 6.40. The summed E-state index contributed by atoms with van der Waals surface area (Å²) in [6, 6.07) is 11.9. The molecular formula is C40H42ClN11O10S. The van der Waals surface area contributed by atoms with Crippen LogP contribution in [-0.4, -0.2) is 89.0 Å². The molecule has 0 aliphatic rings. The van der Waals surface area contributed by atoms with Crippen LogP contribution < -0.4 is 44.0 Å². The number of ether oxygens (including phenoxy) is 3. The molecule has 0 saturated carbocycles. The molecule has 0 spiro atoms. The highest BCUT2D eigenvalue weighted by molar-refractivity contribution is 7.98. The zero-order chi connectivity index (χ0) is 46.4. The number of carbonyl (C=O) groups is 6. The van der Waals surface area contributed by atoms with Gasteiger partial charge in [-0.25, -0.2) is 19.6 Å². The van der Waals surface area contributed by atoms with Gasteiger partial charge in [0.05, 0.1) is 36.2 Å². The van der Waals surface area contributed by atoms with Gasteiger partial charge in [0.15, 0.2) is 6.10 Å². The van der Waals surface area contributed by atoms with Gasteiger partial charge in [-0.2, -0.15) is 10.5 Å². The van der Waals surface area contributed by atoms with Gasteiger partial charge in [0, 0.05) is 21.9 Å². The highest BCUT2D eigenvalue weighted by Crippen LogP contribution is 2.37. The number of aromatic nitrogens is 2. The number of hydrogen-bond donors (Lipinski definition) is 7. The summed E-state index contributed by atoms with van der Waals surface area (Å²) < 4.78 is 22.3. The molecule has 0 aliphatic heterocycles. The normalized spacial score (nSPS) is 13.1. The number of rotatable bonds is 21. The van der Waals surface area contributed by atoms with Crippen LogP contribution in [0.1, 0.15) is 43.5 Å². The van der Waals surface area contributed by atoms with E-state index in [4.69, 9.17) is 58.9 Å². The van der Waals surface area contributed by atoms with E-state index >= 15 is 0 Å². The monoisotopic (exact) mass is 903 g/mol. The smallest absolute Gasteiger partial charge is 0.328 e. The maximum atomic E-state index is 13.1. The van der Waals surface area contributed by atoms with Crippen molar-refractivity contribution in [2.24, 2.45) is 22.9 Å². The quantitative estimate of drug-likeness (QED) is 0.0451. The number of nitriles is 2. The van der Waals surface area contributed by atoms with Gasteiger partial charge in [0.25, 0.3) is 0 Å². The number of nitrogens with two attached hydrogens (primary N) is 5. The molecular weight excluding hydrogens is 862 g/mol. The Balaban J connectivity index is 1.50. The Morgan fingerprint density at radius 1 is 0.810 bits per heavy atom. The number of nitrogens with one attached hydrogen (secondary N) is 2. The Bertz CT molecular complexity index is 2420. The zero-order valence-electron chi connectivity index (χ0n) is 33.7. The van der Waals surface area contributed by atoms with Crippen LogP contribution in [-0.2, 0) is 44.0 Å². The van der Waals surface area contributed by atoms with Gasteiger partial charge in [-0.1, -0.05) is 35.5 Å². The predicted octanol–water partition coefficient (Wildman–Crippen LogP) is 0.923. The summed E-state index contributed by atoms with van der Waals surface area (Å²) in [5, 5.41) is 25.7. The number of esters is 2. The number of primary amides is 2. The number of nitrogens with zero attached hydrogens (tertiary/aromatic N) is 4. The number of amides is 4. The molecule has 2 aromatic heterocycles. The van der Waals surface area contributed by atoms with Crippen molar-refractivity contribution in [3.63, 3.8) is 0 Å². The number of hydrogen-bond acceptors (Lipinski definition) is 18. The first-order chi connectivity index (χ1) is 29.9. The molecule has 4 rings (SSSR count). The van der Waals surface area contributed by atoms with E-state index in [9.17, 15) is 39.3 Å². The highest BCUT2D eigenvalue weighted by Gasteiger charge is 2.28. The molecule has 0 saturated heterocycles. The number of benzene rings is 2. The van der Waals surface area contributed by atoms with Crippen molar-refractivity contribution in [3.05, 3.63) is 76.6 Å². The Labute approximate surface area is 368 Å². The molecule has 4 aromatic rings. The minimum absolute atomic E-state index is 0.0399. The van der Waals surface area contributed by atoms with Crippen molar-refractivity contribution in [2.45, 2.75) is 67.7 Å². The number of carbonyl (C=O) groups excluding carboxylic acids is 6. The first-order valence-electron chi connectivity index (χ1n) is 18.7. The molecule has 21 nitrogen and oxygen atoms in total. The van der Waals surface area contributed by atoms with E-state index in [0.29, 0.717) is 27.7 Å². The molecule has 0 unspecified atom stereocenters. The van der Waals surface area contributed by atoms with Crippen molar-refractivity contribution in [2.75, 3.05) is 18.9 Å². The fourth-order valence-electron chi connectivity index (χ4n) is 5.40. The molecule has 23 heteroatoms. The third-order valence-electron chi connectivity index (χ3n) is 8.63. The maximum absolute atomic E-state index is 13.1. The molecule has 2 heterocycles. The highest BCUT2D eigenvalue weighted by atomic mass is 35.5. The Morgan fingerprint density at radius 2 is 1.37 bits per heavy atom. The SMILES string of the molecule is C[C@H](NC(=O)[C@@H](N)CC(N)=O)C(=O)OC[C@H](COc1ccc(-c2c(C#N)c(N)nc(SCc3coc(-c4ccc(Cl)cc4)n3)c2C#N)cc1)OC(=O)[C@H](C)NC(=O)[C@@H](N)CC(N)=O. The summed E-state index contributed by atoms with van der Waals surface area (Å²) in [6.45, 7) is 1.53. The van der Waals surface area contributed by atoms with Crippen LogP contribution in [0.25, 0.3) is 22.6 Å². The molecule has 0 radical (unpaired) electrons. The van der Waals surface area contributed by atoms with Gasteiger partial charge >= 0.3 is 11.9 Å². The largest absolute Gasteiger partial charge is 0.490 e. The summed E-state index contributed by atoms with van der Waals surface area (Å²) in [6.07, 6.45) is -0.800. The van der Waals surface area contributed by atoms with E-state index in [0.717, 1.165) is 11.8 Å². The third-order valence-corrected chi connectivity index (χ3v) is 9.89. The van der Waals surface area contributed by atoms with Crippen molar-refractivity contribution < 1.29 is 47.4 Å². The minimum Gasteiger partial charge on any atom is -0.490 e.